The van der Waals surface area contributed by atoms with Crippen LogP contribution in [0.25, 0.3) is 11.1 Å². The first kappa shape index (κ1) is 28.2. The van der Waals surface area contributed by atoms with Crippen LogP contribution in [-0.2, 0) is 17.1 Å². The van der Waals surface area contributed by atoms with Crippen LogP contribution in [0, 0.1) is 11.2 Å². The van der Waals surface area contributed by atoms with Crippen LogP contribution in [-0.4, -0.2) is 91.5 Å². The van der Waals surface area contributed by atoms with Gasteiger partial charge in [0.1, 0.15) is 16.5 Å². The maximum atomic E-state index is 13.7. The van der Waals surface area contributed by atoms with E-state index >= 15 is 0 Å². The number of β-amino-alcohol motifs (C(OH)–C–C–N with tert-alkyl or cyclic N) is 1. The van der Waals surface area contributed by atoms with Gasteiger partial charge in [0.15, 0.2) is 0 Å². The lowest BCUT2D eigenvalue weighted by atomic mass is 9.78. The second kappa shape index (κ2) is 11.3. The molecule has 2 aliphatic heterocycles. The van der Waals surface area contributed by atoms with Gasteiger partial charge in [0.2, 0.25) is 10.0 Å². The number of hydrogen-bond donors (Lipinski definition) is 2. The summed E-state index contributed by atoms with van der Waals surface area (Å²) in [6.07, 6.45) is 3.81. The highest BCUT2D eigenvalue weighted by Gasteiger charge is 2.39. The fourth-order valence-electron chi connectivity index (χ4n) is 5.51. The highest BCUT2D eigenvalue weighted by atomic mass is 32.2. The van der Waals surface area contributed by atoms with Gasteiger partial charge in [-0.15, -0.1) is 0 Å². The summed E-state index contributed by atoms with van der Waals surface area (Å²) in [7, 11) is -0.284. The number of rotatable bonds is 2. The predicted molar refractivity (Wildman–Crippen MR) is 147 cm³/mol. The van der Waals surface area contributed by atoms with E-state index in [4.69, 9.17) is 4.74 Å². The number of carbonyl (C=O) groups is 1. The summed E-state index contributed by atoms with van der Waals surface area (Å²) in [4.78, 5) is 16.7. The summed E-state index contributed by atoms with van der Waals surface area (Å²) in [5.41, 5.74) is 1.47. The van der Waals surface area contributed by atoms with Crippen LogP contribution in [0.3, 0.4) is 0 Å². The molecule has 2 aromatic carbocycles. The first-order valence-electron chi connectivity index (χ1n) is 13.2. The Balaban J connectivity index is 1.43. The molecule has 1 aromatic heterocycles. The van der Waals surface area contributed by atoms with Gasteiger partial charge in [-0.2, -0.15) is 5.10 Å². The number of fused-ring (bicyclic) bond motifs is 1. The molecule has 1 amide bonds. The maximum absolute atomic E-state index is 13.7. The van der Waals surface area contributed by atoms with E-state index in [1.165, 1.54) is 24.3 Å². The molecule has 0 saturated carbocycles. The number of halogens is 1. The zero-order valence-electron chi connectivity index (χ0n) is 22.6. The van der Waals surface area contributed by atoms with Crippen LogP contribution in [0.1, 0.15) is 23.2 Å². The smallest absolute Gasteiger partial charge is 0.253 e. The van der Waals surface area contributed by atoms with Gasteiger partial charge in [0.25, 0.3) is 5.91 Å². The Morgan fingerprint density at radius 2 is 1.93 bits per heavy atom. The quantitative estimate of drug-likeness (QED) is 0.484. The van der Waals surface area contributed by atoms with Gasteiger partial charge in [-0.05, 0) is 55.8 Å². The second-order valence-corrected chi connectivity index (χ2v) is 12.6. The molecule has 12 heteroatoms. The number of likely N-dealkylation sites (tertiary alicyclic amines) is 1. The number of aliphatic hydroxyl groups is 1. The number of nitrogens with one attached hydrogen (secondary N) is 1. The number of nitrogens with zero attached hydrogens (tertiary/aromatic N) is 4. The fourth-order valence-corrected chi connectivity index (χ4v) is 6.70. The number of amides is 1. The third-order valence-electron chi connectivity index (χ3n) is 7.62. The normalized spacial score (nSPS) is 21.6. The number of carbonyl (C=O) groups excluding carboxylic acids is 1. The lowest BCUT2D eigenvalue weighted by Crippen LogP contribution is -2.51. The zero-order chi connectivity index (χ0) is 28.5. The molecular weight excluding hydrogens is 537 g/mol. The Bertz CT molecular complexity index is 1490. The van der Waals surface area contributed by atoms with Crippen molar-refractivity contribution in [2.24, 2.45) is 12.5 Å². The first-order valence-corrected chi connectivity index (χ1v) is 14.7. The van der Waals surface area contributed by atoms with Gasteiger partial charge in [0, 0.05) is 62.5 Å². The molecule has 1 spiro atoms. The molecule has 40 heavy (non-hydrogen) atoms. The first-order chi connectivity index (χ1) is 19.0. The number of ether oxygens (including phenoxy) is 1. The van der Waals surface area contributed by atoms with Crippen molar-refractivity contribution in [3.05, 3.63) is 66.2 Å². The van der Waals surface area contributed by atoms with Crippen LogP contribution >= 0.6 is 0 Å². The Labute approximate surface area is 233 Å². The number of aromatic nitrogens is 2. The third kappa shape index (κ3) is 6.20. The van der Waals surface area contributed by atoms with Crippen LogP contribution in [0.2, 0.25) is 0 Å². The predicted octanol–water partition coefficient (Wildman–Crippen LogP) is 2.11. The van der Waals surface area contributed by atoms with E-state index in [0.29, 0.717) is 38.0 Å². The van der Waals surface area contributed by atoms with E-state index < -0.39 is 27.4 Å². The van der Waals surface area contributed by atoms with Gasteiger partial charge in [-0.1, -0.05) is 12.1 Å². The number of hydrogen-bond acceptors (Lipinski definition) is 7. The van der Waals surface area contributed by atoms with Gasteiger partial charge in [-0.25, -0.2) is 17.5 Å². The number of aryl methyl sites for hydroxylation is 1. The SMILES string of the molecule is CN1CC(O)CNS(=O)(=O)c2ccc(-c3cnn(C)c3)cc2OCC2(CCN(C(=O)c3cccc(F)c3)CC2)C1. The van der Waals surface area contributed by atoms with Crippen molar-refractivity contribution in [1.82, 2.24) is 24.3 Å². The summed E-state index contributed by atoms with van der Waals surface area (Å²) in [5.74, 6) is -0.471. The number of piperidine rings is 1. The van der Waals surface area contributed by atoms with Gasteiger partial charge < -0.3 is 19.6 Å². The lowest BCUT2D eigenvalue weighted by Gasteiger charge is -2.44. The molecule has 1 unspecified atom stereocenters. The van der Waals surface area contributed by atoms with Crippen molar-refractivity contribution >= 4 is 15.9 Å². The highest BCUT2D eigenvalue weighted by molar-refractivity contribution is 7.89. The van der Waals surface area contributed by atoms with E-state index in [9.17, 15) is 22.7 Å². The second-order valence-electron chi connectivity index (χ2n) is 10.9. The van der Waals surface area contributed by atoms with E-state index in [1.807, 2.05) is 18.1 Å². The van der Waals surface area contributed by atoms with Crippen LogP contribution in [0.4, 0.5) is 4.39 Å². The Kier molecular flexibility index (Phi) is 7.96. The van der Waals surface area contributed by atoms with E-state index in [-0.39, 0.29) is 36.2 Å². The molecule has 2 aliphatic rings. The van der Waals surface area contributed by atoms with Crippen LogP contribution in [0.15, 0.2) is 59.8 Å². The van der Waals surface area contributed by atoms with Crippen molar-refractivity contribution in [1.29, 1.82) is 0 Å². The number of sulfonamides is 1. The third-order valence-corrected chi connectivity index (χ3v) is 9.09. The summed E-state index contributed by atoms with van der Waals surface area (Å²) in [6, 6.07) is 10.6. The Morgan fingerprint density at radius 3 is 2.62 bits per heavy atom. The fraction of sp³-hybridized carbons (Fsp3) is 0.429. The molecule has 3 aromatic rings. The van der Waals surface area contributed by atoms with E-state index in [0.717, 1.165) is 11.1 Å². The summed E-state index contributed by atoms with van der Waals surface area (Å²) in [5, 5.41) is 14.8. The minimum atomic E-state index is -3.97. The zero-order valence-corrected chi connectivity index (χ0v) is 23.4. The molecule has 0 radical (unpaired) electrons. The van der Waals surface area contributed by atoms with Crippen LogP contribution < -0.4 is 9.46 Å². The molecular formula is C28H34FN5O5S. The molecule has 2 N–H and O–H groups in total. The molecule has 214 valence electrons. The molecule has 10 nitrogen and oxygen atoms in total. The number of likely N-dealkylation sites (N-methyl/N-ethyl adjacent to an activating group) is 1. The molecule has 1 atom stereocenters. The highest BCUT2D eigenvalue weighted by Crippen LogP contribution is 2.37. The summed E-state index contributed by atoms with van der Waals surface area (Å²) in [6.45, 7) is 1.81. The van der Waals surface area contributed by atoms with Crippen LogP contribution in [0.5, 0.6) is 5.75 Å². The van der Waals surface area contributed by atoms with Crippen molar-refractivity contribution in [3.8, 4) is 16.9 Å². The number of benzene rings is 2. The average Bonchev–Trinajstić information content (AvgIpc) is 3.36. The minimum Gasteiger partial charge on any atom is -0.492 e. The summed E-state index contributed by atoms with van der Waals surface area (Å²) < 4.78 is 50.7. The minimum absolute atomic E-state index is 0.00450. The largest absolute Gasteiger partial charge is 0.492 e. The molecule has 0 aliphatic carbocycles. The monoisotopic (exact) mass is 571 g/mol. The van der Waals surface area contributed by atoms with Crippen molar-refractivity contribution in [2.75, 3.05) is 46.4 Å². The van der Waals surface area contributed by atoms with Gasteiger partial charge >= 0.3 is 0 Å². The van der Waals surface area contributed by atoms with Gasteiger partial charge in [0.05, 0.1) is 18.9 Å². The summed E-state index contributed by atoms with van der Waals surface area (Å²) >= 11 is 0. The van der Waals surface area contributed by atoms with Crippen molar-refractivity contribution in [2.45, 2.75) is 23.8 Å². The van der Waals surface area contributed by atoms with Crippen molar-refractivity contribution < 1.29 is 27.4 Å². The Morgan fingerprint density at radius 1 is 1.15 bits per heavy atom. The maximum Gasteiger partial charge on any atom is 0.253 e. The lowest BCUT2D eigenvalue weighted by molar-refractivity contribution is 0.0159. The molecule has 5 rings (SSSR count). The van der Waals surface area contributed by atoms with Crippen molar-refractivity contribution in [3.63, 3.8) is 0 Å². The van der Waals surface area contributed by atoms with Gasteiger partial charge in [-0.3, -0.25) is 9.48 Å². The van der Waals surface area contributed by atoms with E-state index in [1.54, 1.807) is 41.0 Å². The Hall–Kier alpha value is -3.32. The molecule has 1 saturated heterocycles. The molecule has 0 bridgehead atoms. The molecule has 1 fully saturated rings. The van der Waals surface area contributed by atoms with E-state index in [2.05, 4.69) is 9.82 Å². The molecule has 3 heterocycles. The number of aliphatic hydroxyl groups excluding tert-OH is 1. The topological polar surface area (TPSA) is 117 Å². The average molecular weight is 572 g/mol. The standard InChI is InChI=1S/C28H34FN5O5S/c1-32-17-24(35)15-31-40(37,38)26-7-6-20(22-14-30-33(2)16-22)13-25(26)39-19-28(18-32)8-10-34(11-9-28)27(36)21-4-3-5-23(29)12-21/h3-7,12-14,16,24,31,35H,8-11,15,17-19H2,1-2H3.